The van der Waals surface area contributed by atoms with Crippen molar-refractivity contribution in [3.05, 3.63) is 60.1 Å². The van der Waals surface area contributed by atoms with E-state index in [1.54, 1.807) is 6.33 Å². The smallest absolute Gasteiger partial charge is 0.134 e. The lowest BCUT2D eigenvalue weighted by molar-refractivity contribution is 0.906. The number of anilines is 2. The van der Waals surface area contributed by atoms with Gasteiger partial charge in [0.25, 0.3) is 0 Å². The monoisotopic (exact) mass is 278 g/mol. The van der Waals surface area contributed by atoms with Gasteiger partial charge in [-0.25, -0.2) is 9.97 Å². The van der Waals surface area contributed by atoms with Crippen molar-refractivity contribution in [2.45, 2.75) is 19.8 Å². The summed E-state index contributed by atoms with van der Waals surface area (Å²) in [6.45, 7) is 2.15. The summed E-state index contributed by atoms with van der Waals surface area (Å²) in [6.07, 6.45) is 7.93. The summed E-state index contributed by atoms with van der Waals surface area (Å²) in [5, 5.41) is 3.36. The zero-order chi connectivity index (χ0) is 14.7. The molecule has 4 heteroatoms. The number of rotatable bonds is 3. The zero-order valence-corrected chi connectivity index (χ0v) is 12.0. The van der Waals surface area contributed by atoms with Crippen molar-refractivity contribution in [2.75, 3.05) is 11.1 Å². The first kappa shape index (κ1) is 13.4. The number of allylic oxidation sites excluding steroid dienone is 4. The molecule has 3 N–H and O–H groups in total. The topological polar surface area (TPSA) is 63.8 Å². The van der Waals surface area contributed by atoms with Gasteiger partial charge in [0.15, 0.2) is 0 Å². The van der Waals surface area contributed by atoms with Gasteiger partial charge in [-0.05, 0) is 38.0 Å². The van der Waals surface area contributed by atoms with Crippen molar-refractivity contribution in [1.29, 1.82) is 0 Å². The van der Waals surface area contributed by atoms with Crippen LogP contribution in [0.25, 0.3) is 11.3 Å². The van der Waals surface area contributed by atoms with Gasteiger partial charge in [-0.3, -0.25) is 0 Å². The lowest BCUT2D eigenvalue weighted by Crippen LogP contribution is -2.04. The van der Waals surface area contributed by atoms with Crippen LogP contribution in [0, 0.1) is 0 Å². The van der Waals surface area contributed by atoms with Gasteiger partial charge in [-0.1, -0.05) is 23.8 Å². The number of hydrogen-bond donors (Lipinski definition) is 2. The summed E-state index contributed by atoms with van der Waals surface area (Å²) >= 11 is 0. The summed E-state index contributed by atoms with van der Waals surface area (Å²) < 4.78 is 0. The molecule has 0 spiro atoms. The molecule has 0 unspecified atom stereocenters. The minimum atomic E-state index is 0.733. The van der Waals surface area contributed by atoms with Gasteiger partial charge >= 0.3 is 0 Å². The maximum atomic E-state index is 5.82. The molecule has 0 saturated carbocycles. The zero-order valence-electron chi connectivity index (χ0n) is 12.0. The SMILES string of the molecule is CC1=CC=C(Nc2cc(-c3cccc(N)c3)ncn2)CC1. The first-order chi connectivity index (χ1) is 10.2. The van der Waals surface area contributed by atoms with E-state index in [0.717, 1.165) is 35.6 Å². The second-order valence-electron chi connectivity index (χ2n) is 5.24. The molecule has 0 bridgehead atoms. The Morgan fingerprint density at radius 2 is 2.00 bits per heavy atom. The molecule has 0 radical (unpaired) electrons. The molecule has 1 aliphatic rings. The van der Waals surface area contributed by atoms with Crippen molar-refractivity contribution in [1.82, 2.24) is 9.97 Å². The number of nitrogens with one attached hydrogen (secondary N) is 1. The summed E-state index contributed by atoms with van der Waals surface area (Å²) in [7, 11) is 0. The highest BCUT2D eigenvalue weighted by Crippen LogP contribution is 2.23. The molecule has 1 heterocycles. The van der Waals surface area contributed by atoms with E-state index in [-0.39, 0.29) is 0 Å². The number of nitrogens with zero attached hydrogens (tertiary/aromatic N) is 2. The Labute approximate surface area is 124 Å². The maximum absolute atomic E-state index is 5.82. The van der Waals surface area contributed by atoms with E-state index in [1.165, 1.54) is 11.3 Å². The molecule has 0 fully saturated rings. The third kappa shape index (κ3) is 3.28. The normalized spacial score (nSPS) is 14.3. The number of aromatic nitrogens is 2. The average Bonchev–Trinajstić information content (AvgIpc) is 2.50. The number of nitrogen functional groups attached to an aromatic ring is 1. The Kier molecular flexibility index (Phi) is 3.69. The Balaban J connectivity index is 1.84. The van der Waals surface area contributed by atoms with Crippen LogP contribution in [0.1, 0.15) is 19.8 Å². The minimum absolute atomic E-state index is 0.733. The molecule has 0 aliphatic heterocycles. The van der Waals surface area contributed by atoms with E-state index >= 15 is 0 Å². The summed E-state index contributed by atoms with van der Waals surface area (Å²) in [4.78, 5) is 8.60. The summed E-state index contributed by atoms with van der Waals surface area (Å²) in [6, 6.07) is 9.65. The Morgan fingerprint density at radius 1 is 1.10 bits per heavy atom. The average molecular weight is 278 g/mol. The van der Waals surface area contributed by atoms with Crippen molar-refractivity contribution in [3.63, 3.8) is 0 Å². The summed E-state index contributed by atoms with van der Waals surface area (Å²) in [5.74, 6) is 0.807. The molecule has 3 rings (SSSR count). The lowest BCUT2D eigenvalue weighted by atomic mass is 10.0. The van der Waals surface area contributed by atoms with Crippen LogP contribution in [0.2, 0.25) is 0 Å². The van der Waals surface area contributed by atoms with Crippen LogP contribution in [0.3, 0.4) is 0 Å². The number of hydrogen-bond acceptors (Lipinski definition) is 4. The molecular weight excluding hydrogens is 260 g/mol. The molecule has 1 aliphatic carbocycles. The first-order valence-corrected chi connectivity index (χ1v) is 7.02. The first-order valence-electron chi connectivity index (χ1n) is 7.02. The largest absolute Gasteiger partial charge is 0.399 e. The van der Waals surface area contributed by atoms with E-state index in [4.69, 9.17) is 5.73 Å². The van der Waals surface area contributed by atoms with Crippen molar-refractivity contribution in [3.8, 4) is 11.3 Å². The van der Waals surface area contributed by atoms with Gasteiger partial charge in [0.1, 0.15) is 12.1 Å². The van der Waals surface area contributed by atoms with E-state index in [0.29, 0.717) is 0 Å². The fourth-order valence-corrected chi connectivity index (χ4v) is 2.29. The van der Waals surface area contributed by atoms with Crippen molar-refractivity contribution < 1.29 is 0 Å². The van der Waals surface area contributed by atoms with E-state index in [1.807, 2.05) is 30.3 Å². The van der Waals surface area contributed by atoms with Gasteiger partial charge in [0, 0.05) is 23.0 Å². The molecule has 4 nitrogen and oxygen atoms in total. The third-order valence-corrected chi connectivity index (χ3v) is 3.50. The van der Waals surface area contributed by atoms with Crippen LogP contribution in [0.4, 0.5) is 11.5 Å². The van der Waals surface area contributed by atoms with Gasteiger partial charge in [-0.2, -0.15) is 0 Å². The maximum Gasteiger partial charge on any atom is 0.134 e. The highest BCUT2D eigenvalue weighted by molar-refractivity contribution is 5.66. The molecule has 106 valence electrons. The quantitative estimate of drug-likeness (QED) is 0.839. The molecule has 0 amide bonds. The fraction of sp³-hybridized carbons (Fsp3) is 0.176. The lowest BCUT2D eigenvalue weighted by Gasteiger charge is -2.14. The van der Waals surface area contributed by atoms with Crippen LogP contribution in [0.15, 0.2) is 60.1 Å². The molecule has 1 aromatic heterocycles. The standard InChI is InChI=1S/C17H18N4/c1-12-5-7-15(8-6-12)21-17-10-16(19-11-20-17)13-3-2-4-14(18)9-13/h2-5,7,9-11H,6,8,18H2,1H3,(H,19,20,21). The second-order valence-corrected chi connectivity index (χ2v) is 5.24. The Morgan fingerprint density at radius 3 is 2.76 bits per heavy atom. The van der Waals surface area contributed by atoms with Crippen LogP contribution in [-0.2, 0) is 0 Å². The predicted molar refractivity (Wildman–Crippen MR) is 86.6 cm³/mol. The highest BCUT2D eigenvalue weighted by atomic mass is 15.0. The van der Waals surface area contributed by atoms with Gasteiger partial charge in [0.05, 0.1) is 5.69 Å². The molecule has 2 aromatic rings. The van der Waals surface area contributed by atoms with Gasteiger partial charge in [0.2, 0.25) is 0 Å². The second kappa shape index (κ2) is 5.79. The summed E-state index contributed by atoms with van der Waals surface area (Å²) in [5.41, 5.74) is 11.0. The highest BCUT2D eigenvalue weighted by Gasteiger charge is 2.06. The fourth-order valence-electron chi connectivity index (χ4n) is 2.29. The number of nitrogens with two attached hydrogens (primary N) is 1. The van der Waals surface area contributed by atoms with Gasteiger partial charge in [-0.15, -0.1) is 0 Å². The molecule has 0 saturated heterocycles. The molecule has 21 heavy (non-hydrogen) atoms. The molecule has 0 atom stereocenters. The van der Waals surface area contributed by atoms with Crippen molar-refractivity contribution >= 4 is 11.5 Å². The Bertz CT molecular complexity index is 716. The number of benzene rings is 1. The van der Waals surface area contributed by atoms with Crippen molar-refractivity contribution in [2.24, 2.45) is 0 Å². The van der Waals surface area contributed by atoms with Crippen LogP contribution in [-0.4, -0.2) is 9.97 Å². The minimum Gasteiger partial charge on any atom is -0.399 e. The third-order valence-electron chi connectivity index (χ3n) is 3.50. The Hall–Kier alpha value is -2.62. The van der Waals surface area contributed by atoms with E-state index in [2.05, 4.69) is 34.4 Å². The molecular formula is C17H18N4. The van der Waals surface area contributed by atoms with Crippen LogP contribution in [0.5, 0.6) is 0 Å². The molecule has 1 aromatic carbocycles. The van der Waals surface area contributed by atoms with E-state index in [9.17, 15) is 0 Å². The predicted octanol–water partition coefficient (Wildman–Crippen LogP) is 3.76. The van der Waals surface area contributed by atoms with Crippen LogP contribution < -0.4 is 11.1 Å². The van der Waals surface area contributed by atoms with E-state index < -0.39 is 0 Å². The van der Waals surface area contributed by atoms with Gasteiger partial charge < -0.3 is 11.1 Å². The van der Waals surface area contributed by atoms with Crippen LogP contribution >= 0.6 is 0 Å².